The zero-order chi connectivity index (χ0) is 22.3. The number of amides is 2. The van der Waals surface area contributed by atoms with Crippen molar-refractivity contribution in [1.82, 2.24) is 5.32 Å². The van der Waals surface area contributed by atoms with Crippen molar-refractivity contribution >= 4 is 28.7 Å². The maximum Gasteiger partial charge on any atom is 0.253 e. The molecule has 8 heteroatoms. The van der Waals surface area contributed by atoms with E-state index in [2.05, 4.69) is 5.32 Å². The van der Waals surface area contributed by atoms with Gasteiger partial charge in [0.25, 0.3) is 5.91 Å². The van der Waals surface area contributed by atoms with Crippen molar-refractivity contribution in [2.75, 3.05) is 14.2 Å². The van der Waals surface area contributed by atoms with Crippen LogP contribution in [0.2, 0.25) is 0 Å². The van der Waals surface area contributed by atoms with Crippen LogP contribution in [0, 0.1) is 5.92 Å². The van der Waals surface area contributed by atoms with Gasteiger partial charge in [0.2, 0.25) is 11.0 Å². The summed E-state index contributed by atoms with van der Waals surface area (Å²) in [6, 6.07) is 10.8. The van der Waals surface area contributed by atoms with Crippen molar-refractivity contribution in [1.29, 1.82) is 0 Å². The number of primary amides is 1. The molecule has 2 rings (SSSR count). The number of rotatable bonds is 9. The van der Waals surface area contributed by atoms with Gasteiger partial charge in [-0.3, -0.25) is 14.4 Å². The zero-order valence-corrected chi connectivity index (χ0v) is 18.2. The van der Waals surface area contributed by atoms with Gasteiger partial charge in [0.05, 0.1) is 19.8 Å². The Morgan fingerprint density at radius 3 is 2.30 bits per heavy atom. The molecule has 0 aliphatic heterocycles. The van der Waals surface area contributed by atoms with Gasteiger partial charge in [-0.15, -0.1) is 0 Å². The molecule has 0 radical (unpaired) electrons. The second-order valence-electron chi connectivity index (χ2n) is 7.01. The summed E-state index contributed by atoms with van der Waals surface area (Å²) < 4.78 is 10.4. The number of ether oxygens (including phenoxy) is 2. The van der Waals surface area contributed by atoms with Crippen molar-refractivity contribution in [3.05, 3.63) is 53.6 Å². The predicted octanol–water partition coefficient (Wildman–Crippen LogP) is 3.27. The number of hydrogen-bond donors (Lipinski definition) is 2. The van der Waals surface area contributed by atoms with Crippen LogP contribution in [0.5, 0.6) is 11.5 Å². The van der Waals surface area contributed by atoms with Gasteiger partial charge in [0, 0.05) is 10.5 Å². The molecule has 0 heterocycles. The van der Waals surface area contributed by atoms with Crippen LogP contribution >= 0.6 is 11.8 Å². The van der Waals surface area contributed by atoms with E-state index in [1.807, 2.05) is 13.8 Å². The van der Waals surface area contributed by atoms with Crippen LogP contribution in [0.15, 0.2) is 47.4 Å². The van der Waals surface area contributed by atoms with Gasteiger partial charge in [0.1, 0.15) is 6.04 Å². The highest BCUT2D eigenvalue weighted by Crippen LogP contribution is 2.32. The van der Waals surface area contributed by atoms with Crippen LogP contribution < -0.4 is 20.5 Å². The molecular weight excluding hydrogens is 404 g/mol. The van der Waals surface area contributed by atoms with Gasteiger partial charge in [-0.25, -0.2) is 0 Å². The third-order valence-electron chi connectivity index (χ3n) is 4.31. The van der Waals surface area contributed by atoms with Crippen LogP contribution in [0.4, 0.5) is 0 Å². The van der Waals surface area contributed by atoms with E-state index < -0.39 is 17.9 Å². The summed E-state index contributed by atoms with van der Waals surface area (Å²) in [7, 11) is 3.01. The van der Waals surface area contributed by atoms with E-state index in [4.69, 9.17) is 15.2 Å². The average molecular weight is 431 g/mol. The maximum absolute atomic E-state index is 12.8. The summed E-state index contributed by atoms with van der Waals surface area (Å²) in [4.78, 5) is 37.7. The van der Waals surface area contributed by atoms with Crippen molar-refractivity contribution in [3.63, 3.8) is 0 Å². The van der Waals surface area contributed by atoms with Crippen LogP contribution in [0.1, 0.15) is 41.0 Å². The van der Waals surface area contributed by atoms with Gasteiger partial charge in [-0.2, -0.15) is 0 Å². The van der Waals surface area contributed by atoms with Gasteiger partial charge in [-0.05, 0) is 54.4 Å². The van der Waals surface area contributed by atoms with E-state index in [1.54, 1.807) is 42.5 Å². The smallest absolute Gasteiger partial charge is 0.253 e. The lowest BCUT2D eigenvalue weighted by atomic mass is 10.0. The molecule has 0 aromatic heterocycles. The summed E-state index contributed by atoms with van der Waals surface area (Å²) in [6.07, 6.45) is 0.432. The van der Waals surface area contributed by atoms with Crippen LogP contribution in [-0.4, -0.2) is 37.2 Å². The van der Waals surface area contributed by atoms with E-state index in [9.17, 15) is 14.4 Å². The Bertz CT molecular complexity index is 929. The summed E-state index contributed by atoms with van der Waals surface area (Å²) >= 11 is 0.921. The summed E-state index contributed by atoms with van der Waals surface area (Å²) in [6.45, 7) is 3.88. The molecule has 3 N–H and O–H groups in total. The lowest BCUT2D eigenvalue weighted by Gasteiger charge is -2.18. The van der Waals surface area contributed by atoms with Crippen molar-refractivity contribution in [3.8, 4) is 11.5 Å². The standard InChI is InChI=1S/C22H26N2O5S/c1-13(2)11-16(20(23)25)24-21(26)15-7-5-6-8-19(15)30-22(27)14-9-10-17(28-3)18(12-14)29-4/h5-10,12-13,16H,11H2,1-4H3,(H2,23,25)(H,24,26)/t16-/m0/s1. The highest BCUT2D eigenvalue weighted by molar-refractivity contribution is 8.14. The van der Waals surface area contributed by atoms with Crippen LogP contribution in [0.25, 0.3) is 0 Å². The summed E-state index contributed by atoms with van der Waals surface area (Å²) in [5.41, 5.74) is 6.12. The van der Waals surface area contributed by atoms with Gasteiger partial charge in [-0.1, -0.05) is 26.0 Å². The average Bonchev–Trinajstić information content (AvgIpc) is 2.72. The second kappa shape index (κ2) is 10.7. The number of carbonyl (C=O) groups excluding carboxylic acids is 3. The van der Waals surface area contributed by atoms with Gasteiger partial charge in [0.15, 0.2) is 11.5 Å². The molecule has 2 aromatic carbocycles. The number of carbonyl (C=O) groups is 3. The van der Waals surface area contributed by atoms with Crippen molar-refractivity contribution < 1.29 is 23.9 Å². The van der Waals surface area contributed by atoms with Crippen LogP contribution in [-0.2, 0) is 4.79 Å². The number of hydrogen-bond acceptors (Lipinski definition) is 6. The molecule has 0 spiro atoms. The minimum absolute atomic E-state index is 0.180. The third-order valence-corrected chi connectivity index (χ3v) is 5.31. The maximum atomic E-state index is 12.8. The fourth-order valence-corrected chi connectivity index (χ4v) is 3.68. The quantitative estimate of drug-likeness (QED) is 0.591. The molecule has 2 aromatic rings. The lowest BCUT2D eigenvalue weighted by Crippen LogP contribution is -2.45. The first-order chi connectivity index (χ1) is 14.3. The molecule has 160 valence electrons. The molecule has 1 atom stereocenters. The highest BCUT2D eigenvalue weighted by Gasteiger charge is 2.22. The monoisotopic (exact) mass is 430 g/mol. The number of methoxy groups -OCH3 is 2. The first-order valence-corrected chi connectivity index (χ1v) is 10.2. The van der Waals surface area contributed by atoms with Gasteiger partial charge < -0.3 is 20.5 Å². The molecule has 0 saturated heterocycles. The fraction of sp³-hybridized carbons (Fsp3) is 0.318. The Morgan fingerprint density at radius 1 is 1.03 bits per heavy atom. The predicted molar refractivity (Wildman–Crippen MR) is 116 cm³/mol. The minimum Gasteiger partial charge on any atom is -0.493 e. The molecule has 7 nitrogen and oxygen atoms in total. The van der Waals surface area contributed by atoms with E-state index >= 15 is 0 Å². The molecule has 0 aliphatic rings. The molecule has 2 amide bonds. The van der Waals surface area contributed by atoms with Crippen molar-refractivity contribution in [2.45, 2.75) is 31.2 Å². The molecule has 0 bridgehead atoms. The molecule has 0 unspecified atom stereocenters. The number of nitrogens with two attached hydrogens (primary N) is 1. The Kier molecular flexibility index (Phi) is 8.29. The van der Waals surface area contributed by atoms with Crippen LogP contribution in [0.3, 0.4) is 0 Å². The normalized spacial score (nSPS) is 11.6. The molecule has 30 heavy (non-hydrogen) atoms. The number of benzene rings is 2. The number of nitrogens with one attached hydrogen (secondary N) is 1. The minimum atomic E-state index is -0.780. The first-order valence-electron chi connectivity index (χ1n) is 9.40. The third kappa shape index (κ3) is 6.00. The zero-order valence-electron chi connectivity index (χ0n) is 17.4. The Morgan fingerprint density at radius 2 is 1.70 bits per heavy atom. The Balaban J connectivity index is 2.23. The SMILES string of the molecule is COc1ccc(C(=O)Sc2ccccc2C(=O)N[C@@H](CC(C)C)C(N)=O)cc1OC. The Labute approximate surface area is 180 Å². The highest BCUT2D eigenvalue weighted by atomic mass is 32.2. The van der Waals surface area contributed by atoms with E-state index in [0.29, 0.717) is 33.9 Å². The van der Waals surface area contributed by atoms with Crippen molar-refractivity contribution in [2.24, 2.45) is 11.7 Å². The summed E-state index contributed by atoms with van der Waals surface area (Å²) in [5, 5.41) is 2.42. The molecular formula is C22H26N2O5S. The largest absolute Gasteiger partial charge is 0.493 e. The lowest BCUT2D eigenvalue weighted by molar-refractivity contribution is -0.120. The number of thioether (sulfide) groups is 1. The topological polar surface area (TPSA) is 108 Å². The van der Waals surface area contributed by atoms with Gasteiger partial charge >= 0.3 is 0 Å². The molecule has 0 saturated carbocycles. The van der Waals surface area contributed by atoms with E-state index in [0.717, 1.165) is 11.8 Å². The second-order valence-corrected chi connectivity index (χ2v) is 8.03. The van der Waals surface area contributed by atoms with E-state index in [1.165, 1.54) is 14.2 Å². The molecule has 0 fully saturated rings. The summed E-state index contributed by atoms with van der Waals surface area (Å²) in [5.74, 6) is 0.0831. The Hall–Kier alpha value is -3.00. The van der Waals surface area contributed by atoms with E-state index in [-0.39, 0.29) is 11.0 Å². The fourth-order valence-electron chi connectivity index (χ4n) is 2.82. The first kappa shape index (κ1) is 23.3. The molecule has 0 aliphatic carbocycles.